The van der Waals surface area contributed by atoms with Crippen molar-refractivity contribution in [2.45, 2.75) is 18.6 Å². The zero-order chi connectivity index (χ0) is 12.0. The monoisotopic (exact) mass is 221 g/mol. The van der Waals surface area contributed by atoms with E-state index >= 15 is 0 Å². The molecule has 3 N–H and O–H groups in total. The van der Waals surface area contributed by atoms with Crippen molar-refractivity contribution in [2.24, 2.45) is 0 Å². The third-order valence-corrected chi connectivity index (χ3v) is 2.54. The second-order valence-corrected chi connectivity index (χ2v) is 3.78. The number of rotatable bonds is 6. The largest absolute Gasteiger partial charge is 0.390 e. The summed E-state index contributed by atoms with van der Waals surface area (Å²) in [6, 6.07) is 7.39. The summed E-state index contributed by atoms with van der Waals surface area (Å²) >= 11 is 0. The standard InChI is InChI=1S/C13H19NO2/c1-3-10-5-4-6-11(9-10)13(16)12(15)7-8-14-2/h3-6,9,12-16H,1,7-8H2,2H3. The van der Waals surface area contributed by atoms with Crippen LogP contribution in [0, 0.1) is 0 Å². The fourth-order valence-electron chi connectivity index (χ4n) is 1.54. The lowest BCUT2D eigenvalue weighted by atomic mass is 10.00. The molecule has 0 bridgehead atoms. The highest BCUT2D eigenvalue weighted by Gasteiger charge is 2.17. The minimum atomic E-state index is -0.840. The molecule has 0 saturated carbocycles. The fraction of sp³-hybridized carbons (Fsp3) is 0.385. The molecule has 0 amide bonds. The molecule has 0 saturated heterocycles. The van der Waals surface area contributed by atoms with Crippen molar-refractivity contribution < 1.29 is 10.2 Å². The maximum absolute atomic E-state index is 9.92. The first-order valence-corrected chi connectivity index (χ1v) is 5.42. The van der Waals surface area contributed by atoms with Crippen LogP contribution < -0.4 is 5.32 Å². The topological polar surface area (TPSA) is 52.5 Å². The molecule has 0 fully saturated rings. The van der Waals surface area contributed by atoms with Crippen LogP contribution in [0.25, 0.3) is 6.08 Å². The second-order valence-electron chi connectivity index (χ2n) is 3.78. The van der Waals surface area contributed by atoms with Gasteiger partial charge < -0.3 is 15.5 Å². The van der Waals surface area contributed by atoms with Crippen LogP contribution in [0.5, 0.6) is 0 Å². The third-order valence-electron chi connectivity index (χ3n) is 2.54. The van der Waals surface area contributed by atoms with Crippen molar-refractivity contribution in [2.75, 3.05) is 13.6 Å². The summed E-state index contributed by atoms with van der Waals surface area (Å²) in [6.45, 7) is 4.35. The highest BCUT2D eigenvalue weighted by atomic mass is 16.3. The van der Waals surface area contributed by atoms with Gasteiger partial charge in [-0.1, -0.05) is 30.9 Å². The van der Waals surface area contributed by atoms with E-state index in [0.29, 0.717) is 13.0 Å². The molecule has 2 atom stereocenters. The highest BCUT2D eigenvalue weighted by molar-refractivity contribution is 5.48. The van der Waals surface area contributed by atoms with Crippen LogP contribution in [0.2, 0.25) is 0 Å². The maximum Gasteiger partial charge on any atom is 0.105 e. The minimum absolute atomic E-state index is 0.524. The van der Waals surface area contributed by atoms with Gasteiger partial charge in [0.2, 0.25) is 0 Å². The Morgan fingerprint density at radius 3 is 2.81 bits per heavy atom. The van der Waals surface area contributed by atoms with Crippen molar-refractivity contribution in [1.82, 2.24) is 5.32 Å². The Morgan fingerprint density at radius 1 is 1.44 bits per heavy atom. The summed E-state index contributed by atoms with van der Waals surface area (Å²) in [7, 11) is 1.82. The Morgan fingerprint density at radius 2 is 2.19 bits per heavy atom. The summed E-state index contributed by atoms with van der Waals surface area (Å²) < 4.78 is 0. The van der Waals surface area contributed by atoms with E-state index in [2.05, 4.69) is 11.9 Å². The average molecular weight is 221 g/mol. The summed E-state index contributed by atoms with van der Waals surface area (Å²) in [5, 5.41) is 22.6. The van der Waals surface area contributed by atoms with Gasteiger partial charge in [0.1, 0.15) is 6.10 Å². The van der Waals surface area contributed by atoms with Gasteiger partial charge in [0.15, 0.2) is 0 Å². The predicted molar refractivity (Wildman–Crippen MR) is 66.0 cm³/mol. The second kappa shape index (κ2) is 6.43. The molecule has 3 nitrogen and oxygen atoms in total. The fourth-order valence-corrected chi connectivity index (χ4v) is 1.54. The molecule has 0 heterocycles. The molecule has 2 unspecified atom stereocenters. The first-order valence-electron chi connectivity index (χ1n) is 5.42. The first-order chi connectivity index (χ1) is 7.69. The molecule has 88 valence electrons. The molecule has 1 aromatic carbocycles. The van der Waals surface area contributed by atoms with Gasteiger partial charge in [-0.2, -0.15) is 0 Å². The number of aliphatic hydroxyl groups excluding tert-OH is 2. The van der Waals surface area contributed by atoms with E-state index in [1.165, 1.54) is 0 Å². The molecule has 0 spiro atoms. The van der Waals surface area contributed by atoms with Crippen LogP contribution in [0.1, 0.15) is 23.7 Å². The quantitative estimate of drug-likeness (QED) is 0.679. The van der Waals surface area contributed by atoms with Crippen LogP contribution >= 0.6 is 0 Å². The first kappa shape index (κ1) is 12.9. The lowest BCUT2D eigenvalue weighted by Gasteiger charge is -2.18. The van der Waals surface area contributed by atoms with Crippen molar-refractivity contribution >= 4 is 6.08 Å². The number of benzene rings is 1. The van der Waals surface area contributed by atoms with Crippen LogP contribution in [-0.4, -0.2) is 29.9 Å². The molecule has 0 aliphatic carbocycles. The van der Waals surface area contributed by atoms with E-state index in [0.717, 1.165) is 11.1 Å². The number of nitrogens with one attached hydrogen (secondary N) is 1. The van der Waals surface area contributed by atoms with Gasteiger partial charge in [-0.05, 0) is 37.2 Å². The van der Waals surface area contributed by atoms with Gasteiger partial charge in [0.05, 0.1) is 6.10 Å². The van der Waals surface area contributed by atoms with Gasteiger partial charge >= 0.3 is 0 Å². The lowest BCUT2D eigenvalue weighted by Crippen LogP contribution is -2.23. The Kier molecular flexibility index (Phi) is 5.19. The lowest BCUT2D eigenvalue weighted by molar-refractivity contribution is 0.0140. The van der Waals surface area contributed by atoms with Gasteiger partial charge in [-0.25, -0.2) is 0 Å². The molecule has 0 radical (unpaired) electrons. The van der Waals surface area contributed by atoms with Crippen LogP contribution in [0.4, 0.5) is 0 Å². The van der Waals surface area contributed by atoms with E-state index in [1.807, 2.05) is 25.2 Å². The summed E-state index contributed by atoms with van der Waals surface area (Å²) in [5.41, 5.74) is 1.67. The molecule has 16 heavy (non-hydrogen) atoms. The number of hydrogen-bond acceptors (Lipinski definition) is 3. The maximum atomic E-state index is 9.92. The Hall–Kier alpha value is -1.16. The summed E-state index contributed by atoms with van der Waals surface area (Å²) in [4.78, 5) is 0. The molecule has 0 aromatic heterocycles. The molecule has 1 aromatic rings. The molecular formula is C13H19NO2. The normalized spacial score (nSPS) is 14.4. The molecule has 1 rings (SSSR count). The Balaban J connectivity index is 2.70. The van der Waals surface area contributed by atoms with E-state index in [-0.39, 0.29) is 0 Å². The molecular weight excluding hydrogens is 202 g/mol. The molecule has 3 heteroatoms. The van der Waals surface area contributed by atoms with Crippen LogP contribution in [0.3, 0.4) is 0 Å². The van der Waals surface area contributed by atoms with E-state index in [9.17, 15) is 10.2 Å². The Labute approximate surface area is 96.4 Å². The summed E-state index contributed by atoms with van der Waals surface area (Å²) in [6.07, 6.45) is 0.660. The smallest absolute Gasteiger partial charge is 0.105 e. The van der Waals surface area contributed by atoms with Crippen LogP contribution in [0.15, 0.2) is 30.8 Å². The number of aliphatic hydroxyl groups is 2. The van der Waals surface area contributed by atoms with Gasteiger partial charge in [-0.15, -0.1) is 0 Å². The van der Waals surface area contributed by atoms with Gasteiger partial charge in [0, 0.05) is 0 Å². The molecule has 0 aliphatic rings. The van der Waals surface area contributed by atoms with E-state index < -0.39 is 12.2 Å². The zero-order valence-electron chi connectivity index (χ0n) is 9.56. The summed E-state index contributed by atoms with van der Waals surface area (Å²) in [5.74, 6) is 0. The third kappa shape index (κ3) is 3.45. The molecule has 0 aliphatic heterocycles. The van der Waals surface area contributed by atoms with Crippen molar-refractivity contribution in [3.05, 3.63) is 42.0 Å². The predicted octanol–water partition coefficient (Wildman–Crippen LogP) is 1.33. The van der Waals surface area contributed by atoms with E-state index in [4.69, 9.17) is 0 Å². The average Bonchev–Trinajstić information content (AvgIpc) is 2.35. The zero-order valence-corrected chi connectivity index (χ0v) is 9.56. The SMILES string of the molecule is C=Cc1cccc(C(O)C(O)CCNC)c1. The van der Waals surface area contributed by atoms with Crippen molar-refractivity contribution in [3.8, 4) is 0 Å². The number of hydrogen-bond donors (Lipinski definition) is 3. The highest BCUT2D eigenvalue weighted by Crippen LogP contribution is 2.20. The Bertz CT molecular complexity index is 338. The van der Waals surface area contributed by atoms with Crippen molar-refractivity contribution in [1.29, 1.82) is 0 Å². The van der Waals surface area contributed by atoms with Gasteiger partial charge in [-0.3, -0.25) is 0 Å². The van der Waals surface area contributed by atoms with E-state index in [1.54, 1.807) is 12.1 Å². The van der Waals surface area contributed by atoms with Crippen molar-refractivity contribution in [3.63, 3.8) is 0 Å². The van der Waals surface area contributed by atoms with Gasteiger partial charge in [0.25, 0.3) is 0 Å². The van der Waals surface area contributed by atoms with Crippen LogP contribution in [-0.2, 0) is 0 Å². The minimum Gasteiger partial charge on any atom is -0.390 e.